The minimum Gasteiger partial charge on any atom is -0.389 e. The highest BCUT2D eigenvalue weighted by Crippen LogP contribution is 2.18. The first-order valence-electron chi connectivity index (χ1n) is 8.75. The molecule has 1 amide bonds. The number of hydrogen-bond donors (Lipinski definition) is 3. The number of ether oxygens (including phenoxy) is 1. The van der Waals surface area contributed by atoms with Crippen LogP contribution in [-0.2, 0) is 16.0 Å². The summed E-state index contributed by atoms with van der Waals surface area (Å²) in [5.41, 5.74) is 0.378. The van der Waals surface area contributed by atoms with Crippen LogP contribution >= 0.6 is 12.4 Å². The number of hydrogen-bond acceptors (Lipinski definition) is 4. The Balaban J connectivity index is 0.00000364. The van der Waals surface area contributed by atoms with Gasteiger partial charge < -0.3 is 20.5 Å². The zero-order valence-corrected chi connectivity index (χ0v) is 16.1. The summed E-state index contributed by atoms with van der Waals surface area (Å²) in [6, 6.07) is 2.31. The standard InChI is InChI=1S/C19H26F2N2O3.ClH/c1-3-6-26-16-4-5-17(22-11-16)19(25)18(23-12(2)24)9-13-7-14(20)10-15(21)8-13;/h3,7-8,10,16-19,22,25H,1,4-6,9,11H2,2H3,(H,23,24);1H/t16-,17-,18+,19-;/m1./s1. The van der Waals surface area contributed by atoms with Crippen molar-refractivity contribution in [1.82, 2.24) is 10.6 Å². The van der Waals surface area contributed by atoms with Crippen molar-refractivity contribution < 1.29 is 23.4 Å². The van der Waals surface area contributed by atoms with E-state index in [2.05, 4.69) is 17.2 Å². The second-order valence-electron chi connectivity index (χ2n) is 6.62. The molecule has 4 atom stereocenters. The van der Waals surface area contributed by atoms with Crippen molar-refractivity contribution >= 4 is 18.3 Å². The Bertz CT molecular complexity index is 605. The normalized spacial score (nSPS) is 21.6. The van der Waals surface area contributed by atoms with Crippen LogP contribution in [0.15, 0.2) is 30.9 Å². The second kappa shape index (κ2) is 11.3. The number of carbonyl (C=O) groups is 1. The van der Waals surface area contributed by atoms with Crippen LogP contribution in [0.5, 0.6) is 0 Å². The van der Waals surface area contributed by atoms with Gasteiger partial charge in [-0.05, 0) is 37.0 Å². The van der Waals surface area contributed by atoms with Crippen molar-refractivity contribution in [3.05, 3.63) is 48.1 Å². The summed E-state index contributed by atoms with van der Waals surface area (Å²) in [6.07, 6.45) is 2.40. The molecule has 1 aliphatic rings. The first kappa shape index (κ1) is 23.5. The Morgan fingerprint density at radius 2 is 2.07 bits per heavy atom. The third kappa shape index (κ3) is 7.54. The van der Waals surface area contributed by atoms with E-state index >= 15 is 0 Å². The number of carbonyl (C=O) groups excluding carboxylic acids is 1. The van der Waals surface area contributed by atoms with E-state index in [0.29, 0.717) is 25.1 Å². The maximum absolute atomic E-state index is 13.4. The number of piperidine rings is 1. The van der Waals surface area contributed by atoms with E-state index in [-0.39, 0.29) is 36.9 Å². The third-order valence-electron chi connectivity index (χ3n) is 4.45. The monoisotopic (exact) mass is 404 g/mol. The maximum Gasteiger partial charge on any atom is 0.217 e. The lowest BCUT2D eigenvalue weighted by Crippen LogP contribution is -2.56. The second-order valence-corrected chi connectivity index (χ2v) is 6.62. The van der Waals surface area contributed by atoms with E-state index in [0.717, 1.165) is 12.5 Å². The lowest BCUT2D eigenvalue weighted by molar-refractivity contribution is -0.120. The molecular weight excluding hydrogens is 378 g/mol. The summed E-state index contributed by atoms with van der Waals surface area (Å²) in [6.45, 7) is 6.01. The van der Waals surface area contributed by atoms with Gasteiger partial charge in [0.1, 0.15) is 11.6 Å². The molecule has 0 saturated carbocycles. The highest BCUT2D eigenvalue weighted by molar-refractivity contribution is 5.85. The van der Waals surface area contributed by atoms with Gasteiger partial charge in [-0.1, -0.05) is 6.08 Å². The van der Waals surface area contributed by atoms with E-state index in [1.807, 2.05) is 0 Å². The van der Waals surface area contributed by atoms with Gasteiger partial charge in [-0.25, -0.2) is 8.78 Å². The Hall–Kier alpha value is -1.54. The summed E-state index contributed by atoms with van der Waals surface area (Å²) >= 11 is 0. The van der Waals surface area contributed by atoms with Crippen LogP contribution in [0.2, 0.25) is 0 Å². The van der Waals surface area contributed by atoms with Crippen molar-refractivity contribution in [3.63, 3.8) is 0 Å². The van der Waals surface area contributed by atoms with Gasteiger partial charge in [0, 0.05) is 25.6 Å². The number of rotatable bonds is 8. The SMILES string of the molecule is C=CCO[C@@H]1CC[C@H]([C@@H](O)[C@H](Cc2cc(F)cc(F)c2)NC(C)=O)NC1.Cl. The molecule has 1 aromatic carbocycles. The summed E-state index contributed by atoms with van der Waals surface area (Å²) < 4.78 is 32.4. The van der Waals surface area contributed by atoms with Gasteiger partial charge in [0.15, 0.2) is 0 Å². The van der Waals surface area contributed by atoms with Gasteiger partial charge in [0.2, 0.25) is 5.91 Å². The summed E-state index contributed by atoms with van der Waals surface area (Å²) in [5, 5.41) is 16.6. The average Bonchev–Trinajstić information content (AvgIpc) is 2.58. The largest absolute Gasteiger partial charge is 0.389 e. The zero-order valence-electron chi connectivity index (χ0n) is 15.3. The number of benzene rings is 1. The molecule has 1 aliphatic heterocycles. The molecule has 1 saturated heterocycles. The number of aliphatic hydroxyl groups excluding tert-OH is 1. The summed E-state index contributed by atoms with van der Waals surface area (Å²) in [4.78, 5) is 11.5. The lowest BCUT2D eigenvalue weighted by Gasteiger charge is -2.36. The zero-order chi connectivity index (χ0) is 19.1. The quantitative estimate of drug-likeness (QED) is 0.580. The average molecular weight is 405 g/mol. The fourth-order valence-corrected chi connectivity index (χ4v) is 3.27. The molecule has 8 heteroatoms. The van der Waals surface area contributed by atoms with Gasteiger partial charge in [-0.15, -0.1) is 19.0 Å². The van der Waals surface area contributed by atoms with Crippen LogP contribution in [-0.4, -0.2) is 48.5 Å². The van der Waals surface area contributed by atoms with E-state index in [1.165, 1.54) is 19.1 Å². The van der Waals surface area contributed by atoms with Gasteiger partial charge >= 0.3 is 0 Å². The fraction of sp³-hybridized carbons (Fsp3) is 0.526. The van der Waals surface area contributed by atoms with E-state index in [1.54, 1.807) is 6.08 Å². The maximum atomic E-state index is 13.4. The fourth-order valence-electron chi connectivity index (χ4n) is 3.27. The Morgan fingerprint density at radius 3 is 2.59 bits per heavy atom. The predicted octanol–water partition coefficient (Wildman–Crippen LogP) is 2.12. The minimum absolute atomic E-state index is 0. The molecule has 0 unspecified atom stereocenters. The van der Waals surface area contributed by atoms with Crippen LogP contribution in [0.3, 0.4) is 0 Å². The van der Waals surface area contributed by atoms with Crippen LogP contribution in [0.1, 0.15) is 25.3 Å². The molecule has 1 fully saturated rings. The molecule has 3 N–H and O–H groups in total. The van der Waals surface area contributed by atoms with E-state index < -0.39 is 23.8 Å². The van der Waals surface area contributed by atoms with Gasteiger partial charge in [0.25, 0.3) is 0 Å². The Kier molecular flexibility index (Phi) is 9.87. The highest BCUT2D eigenvalue weighted by Gasteiger charge is 2.32. The van der Waals surface area contributed by atoms with Crippen LogP contribution in [0, 0.1) is 11.6 Å². The molecule has 0 aromatic heterocycles. The molecular formula is C19H27ClF2N2O3. The Labute approximate surface area is 164 Å². The predicted molar refractivity (Wildman–Crippen MR) is 102 cm³/mol. The van der Waals surface area contributed by atoms with Crippen molar-refractivity contribution in [1.29, 1.82) is 0 Å². The molecule has 0 radical (unpaired) electrons. The third-order valence-corrected chi connectivity index (χ3v) is 4.45. The van der Waals surface area contributed by atoms with Gasteiger partial charge in [-0.3, -0.25) is 4.79 Å². The van der Waals surface area contributed by atoms with Crippen molar-refractivity contribution in [3.8, 4) is 0 Å². The van der Waals surface area contributed by atoms with E-state index in [4.69, 9.17) is 4.74 Å². The number of halogens is 3. The molecule has 152 valence electrons. The molecule has 0 bridgehead atoms. The first-order valence-corrected chi connectivity index (χ1v) is 8.75. The van der Waals surface area contributed by atoms with Crippen LogP contribution in [0.4, 0.5) is 8.78 Å². The van der Waals surface area contributed by atoms with Crippen molar-refractivity contribution in [2.45, 2.75) is 50.5 Å². The molecule has 27 heavy (non-hydrogen) atoms. The van der Waals surface area contributed by atoms with Crippen LogP contribution in [0.25, 0.3) is 0 Å². The molecule has 0 aliphatic carbocycles. The topological polar surface area (TPSA) is 70.6 Å². The summed E-state index contributed by atoms with van der Waals surface area (Å²) in [5.74, 6) is -1.68. The molecule has 1 heterocycles. The van der Waals surface area contributed by atoms with Crippen LogP contribution < -0.4 is 10.6 Å². The smallest absolute Gasteiger partial charge is 0.217 e. The molecule has 1 aromatic rings. The molecule has 0 spiro atoms. The number of nitrogens with one attached hydrogen (secondary N) is 2. The van der Waals surface area contributed by atoms with E-state index in [9.17, 15) is 18.7 Å². The minimum atomic E-state index is -0.898. The highest BCUT2D eigenvalue weighted by atomic mass is 35.5. The number of aliphatic hydroxyl groups is 1. The molecule has 2 rings (SSSR count). The first-order chi connectivity index (χ1) is 12.4. The number of amides is 1. The van der Waals surface area contributed by atoms with Gasteiger partial charge in [0.05, 0.1) is 24.9 Å². The van der Waals surface area contributed by atoms with Crippen molar-refractivity contribution in [2.24, 2.45) is 0 Å². The van der Waals surface area contributed by atoms with Crippen molar-refractivity contribution in [2.75, 3.05) is 13.2 Å². The summed E-state index contributed by atoms with van der Waals surface area (Å²) in [7, 11) is 0. The lowest BCUT2D eigenvalue weighted by atomic mass is 9.90. The Morgan fingerprint density at radius 1 is 1.41 bits per heavy atom. The molecule has 5 nitrogen and oxygen atoms in total. The van der Waals surface area contributed by atoms with Gasteiger partial charge in [-0.2, -0.15) is 0 Å².